The van der Waals surface area contributed by atoms with Crippen molar-refractivity contribution in [3.63, 3.8) is 0 Å². The lowest BCUT2D eigenvalue weighted by molar-refractivity contribution is -0.176. The Balaban J connectivity index is 3.05. The largest absolute Gasteiger partial charge is 0.471 e. The summed E-state index contributed by atoms with van der Waals surface area (Å²) in [5.41, 5.74) is -0.168. The zero-order valence-corrected chi connectivity index (χ0v) is 16.9. The summed E-state index contributed by atoms with van der Waals surface area (Å²) in [6.07, 6.45) is -2.62. The fourth-order valence-corrected chi connectivity index (χ4v) is 3.00. The zero-order valence-electron chi connectivity index (χ0n) is 16.9. The van der Waals surface area contributed by atoms with Crippen LogP contribution in [-0.4, -0.2) is 36.8 Å². The van der Waals surface area contributed by atoms with Crippen molar-refractivity contribution in [2.45, 2.75) is 63.5 Å². The lowest BCUT2D eigenvalue weighted by Crippen LogP contribution is -2.46. The molecular weight excluding hydrogens is 387 g/mol. The van der Waals surface area contributed by atoms with E-state index in [9.17, 15) is 22.8 Å². The summed E-state index contributed by atoms with van der Waals surface area (Å²) in [5, 5.41) is 1.98. The number of hydrogen-bond donors (Lipinski definition) is 1. The molecule has 0 aromatic heterocycles. The van der Waals surface area contributed by atoms with E-state index in [2.05, 4.69) is 11.3 Å². The van der Waals surface area contributed by atoms with Gasteiger partial charge in [0.25, 0.3) is 0 Å². The number of nitrogens with one attached hydrogen (secondary N) is 1. The second-order valence-electron chi connectivity index (χ2n) is 7.08. The van der Waals surface area contributed by atoms with Crippen molar-refractivity contribution in [2.24, 2.45) is 0 Å². The van der Waals surface area contributed by atoms with Crippen LogP contribution in [0.15, 0.2) is 43.0 Å². The number of carbonyl (C=O) groups excluding carboxylic acids is 2. The third-order valence-corrected chi connectivity index (χ3v) is 4.50. The molecule has 0 saturated heterocycles. The number of esters is 1. The summed E-state index contributed by atoms with van der Waals surface area (Å²) in [7, 11) is 1.30. The molecular formula is C21H28F3NO4. The Morgan fingerprint density at radius 1 is 1.24 bits per heavy atom. The standard InChI is InChI=1S/C21H28F3NO4/c1-5-13-20(3,14-9-12-17(26)28-4)29-18(16-10-7-6-8-11-16)15(2)25-19(27)21(22,23)24/h5-8,10-11,15,18H,1,9,12-14H2,2-4H3,(H,25,27)/t15-,18+,20-/m1/s1. The number of methoxy groups -OCH3 is 1. The highest BCUT2D eigenvalue weighted by Gasteiger charge is 2.41. The quantitative estimate of drug-likeness (QED) is 0.427. The Morgan fingerprint density at radius 2 is 1.86 bits per heavy atom. The molecule has 8 heteroatoms. The summed E-state index contributed by atoms with van der Waals surface area (Å²) in [5.74, 6) is -2.37. The maximum absolute atomic E-state index is 12.7. The molecule has 0 bridgehead atoms. The lowest BCUT2D eigenvalue weighted by Gasteiger charge is -2.37. The van der Waals surface area contributed by atoms with Gasteiger partial charge in [-0.1, -0.05) is 36.4 Å². The van der Waals surface area contributed by atoms with E-state index in [1.54, 1.807) is 43.3 Å². The van der Waals surface area contributed by atoms with Crippen LogP contribution in [-0.2, 0) is 19.1 Å². The fraction of sp³-hybridized carbons (Fsp3) is 0.524. The van der Waals surface area contributed by atoms with E-state index in [0.29, 0.717) is 24.8 Å². The molecule has 1 amide bonds. The molecule has 0 spiro atoms. The molecule has 0 radical (unpaired) electrons. The van der Waals surface area contributed by atoms with Gasteiger partial charge in [0.1, 0.15) is 6.10 Å². The predicted molar refractivity (Wildman–Crippen MR) is 103 cm³/mol. The van der Waals surface area contributed by atoms with E-state index >= 15 is 0 Å². The molecule has 1 rings (SSSR count). The normalized spacial score (nSPS) is 15.7. The molecule has 3 atom stereocenters. The molecule has 1 aromatic carbocycles. The van der Waals surface area contributed by atoms with Gasteiger partial charge < -0.3 is 14.8 Å². The minimum atomic E-state index is -4.99. The van der Waals surface area contributed by atoms with Crippen molar-refractivity contribution >= 4 is 11.9 Å². The van der Waals surface area contributed by atoms with Crippen molar-refractivity contribution in [2.75, 3.05) is 7.11 Å². The number of hydrogen-bond acceptors (Lipinski definition) is 4. The SMILES string of the molecule is C=CC[C@](C)(CCCC(=O)OC)O[C@H](c1ccccc1)[C@@H](C)NC(=O)C(F)(F)F. The number of benzene rings is 1. The number of amides is 1. The topological polar surface area (TPSA) is 64.6 Å². The van der Waals surface area contributed by atoms with Crippen LogP contribution in [0.5, 0.6) is 0 Å². The average molecular weight is 415 g/mol. The molecule has 0 aliphatic heterocycles. The molecule has 0 saturated carbocycles. The molecule has 1 N–H and O–H groups in total. The highest BCUT2D eigenvalue weighted by molar-refractivity contribution is 5.82. The van der Waals surface area contributed by atoms with Gasteiger partial charge in [-0.2, -0.15) is 13.2 Å². The van der Waals surface area contributed by atoms with E-state index in [1.165, 1.54) is 14.0 Å². The first-order valence-corrected chi connectivity index (χ1v) is 9.30. The Hall–Kier alpha value is -2.35. The van der Waals surface area contributed by atoms with Crippen LogP contribution in [0.3, 0.4) is 0 Å². The molecule has 0 fully saturated rings. The van der Waals surface area contributed by atoms with Gasteiger partial charge in [-0.05, 0) is 38.7 Å². The van der Waals surface area contributed by atoms with Gasteiger partial charge in [0.05, 0.1) is 18.8 Å². The summed E-state index contributed by atoms with van der Waals surface area (Å²) in [6.45, 7) is 6.99. The van der Waals surface area contributed by atoms with E-state index < -0.39 is 29.8 Å². The number of rotatable bonds is 11. The van der Waals surface area contributed by atoms with Crippen LogP contribution in [0.25, 0.3) is 0 Å². The van der Waals surface area contributed by atoms with Crippen molar-refractivity contribution in [3.8, 4) is 0 Å². The fourth-order valence-electron chi connectivity index (χ4n) is 3.00. The summed E-state index contributed by atoms with van der Waals surface area (Å²) < 4.78 is 49.0. The maximum atomic E-state index is 12.7. The first kappa shape index (κ1) is 24.7. The number of ether oxygens (including phenoxy) is 2. The van der Waals surface area contributed by atoms with E-state index in [-0.39, 0.29) is 12.4 Å². The van der Waals surface area contributed by atoms with Gasteiger partial charge in [0.2, 0.25) is 0 Å². The second-order valence-corrected chi connectivity index (χ2v) is 7.08. The van der Waals surface area contributed by atoms with Gasteiger partial charge >= 0.3 is 18.1 Å². The van der Waals surface area contributed by atoms with Crippen LogP contribution in [0, 0.1) is 0 Å². The molecule has 5 nitrogen and oxygen atoms in total. The lowest BCUT2D eigenvalue weighted by atomic mass is 9.93. The van der Waals surface area contributed by atoms with Crippen molar-refractivity contribution < 1.29 is 32.2 Å². The van der Waals surface area contributed by atoms with E-state index in [0.717, 1.165) is 0 Å². The molecule has 0 aliphatic carbocycles. The highest BCUT2D eigenvalue weighted by Crippen LogP contribution is 2.33. The van der Waals surface area contributed by atoms with Crippen LogP contribution in [0.2, 0.25) is 0 Å². The Labute approximate surface area is 169 Å². The van der Waals surface area contributed by atoms with Crippen LogP contribution < -0.4 is 5.32 Å². The molecule has 1 aromatic rings. The smallest absolute Gasteiger partial charge is 0.469 e. The van der Waals surface area contributed by atoms with Crippen molar-refractivity contribution in [1.82, 2.24) is 5.32 Å². The van der Waals surface area contributed by atoms with Gasteiger partial charge in [0.15, 0.2) is 0 Å². The minimum absolute atomic E-state index is 0.197. The van der Waals surface area contributed by atoms with Gasteiger partial charge in [-0.25, -0.2) is 0 Å². The first-order chi connectivity index (χ1) is 13.5. The van der Waals surface area contributed by atoms with Crippen LogP contribution >= 0.6 is 0 Å². The summed E-state index contributed by atoms with van der Waals surface area (Å²) in [6, 6.07) is 7.76. The predicted octanol–water partition coefficient (Wildman–Crippen LogP) is 4.49. The molecule has 0 aliphatic rings. The number of halogens is 3. The molecule has 0 heterocycles. The monoisotopic (exact) mass is 415 g/mol. The number of alkyl halides is 3. The number of carbonyl (C=O) groups is 2. The minimum Gasteiger partial charge on any atom is -0.469 e. The van der Waals surface area contributed by atoms with E-state index in [1.807, 2.05) is 5.32 Å². The van der Waals surface area contributed by atoms with E-state index in [4.69, 9.17) is 4.74 Å². The van der Waals surface area contributed by atoms with Crippen molar-refractivity contribution in [1.29, 1.82) is 0 Å². The maximum Gasteiger partial charge on any atom is 0.471 e. The Bertz CT molecular complexity index is 678. The molecule has 0 unspecified atom stereocenters. The van der Waals surface area contributed by atoms with Gasteiger partial charge in [-0.3, -0.25) is 9.59 Å². The van der Waals surface area contributed by atoms with Crippen LogP contribution in [0.1, 0.15) is 51.2 Å². The second kappa shape index (κ2) is 11.0. The zero-order chi connectivity index (χ0) is 22.1. The summed E-state index contributed by atoms with van der Waals surface area (Å²) >= 11 is 0. The Morgan fingerprint density at radius 3 is 2.38 bits per heavy atom. The molecule has 162 valence electrons. The summed E-state index contributed by atoms with van der Waals surface area (Å²) in [4.78, 5) is 22.8. The Kier molecular flexibility index (Phi) is 9.36. The highest BCUT2D eigenvalue weighted by atomic mass is 19.4. The van der Waals surface area contributed by atoms with Gasteiger partial charge in [0, 0.05) is 6.42 Å². The average Bonchev–Trinajstić information content (AvgIpc) is 2.66. The van der Waals surface area contributed by atoms with Gasteiger partial charge in [-0.15, -0.1) is 6.58 Å². The van der Waals surface area contributed by atoms with Crippen molar-refractivity contribution in [3.05, 3.63) is 48.6 Å². The van der Waals surface area contributed by atoms with Crippen LogP contribution in [0.4, 0.5) is 13.2 Å². The first-order valence-electron chi connectivity index (χ1n) is 9.30. The third kappa shape index (κ3) is 8.27. The molecule has 29 heavy (non-hydrogen) atoms. The third-order valence-electron chi connectivity index (χ3n) is 4.50.